The van der Waals surface area contributed by atoms with Crippen LogP contribution in [-0.2, 0) is 16.1 Å². The van der Waals surface area contributed by atoms with Gasteiger partial charge in [0.25, 0.3) is 5.91 Å². The molecule has 0 spiro atoms. The van der Waals surface area contributed by atoms with Crippen molar-refractivity contribution in [3.63, 3.8) is 0 Å². The number of hydrogen-bond donors (Lipinski definition) is 0. The summed E-state index contributed by atoms with van der Waals surface area (Å²) >= 11 is 0. The highest BCUT2D eigenvalue weighted by molar-refractivity contribution is 6.01. The Balaban J connectivity index is 1.14. The van der Waals surface area contributed by atoms with Gasteiger partial charge in [0, 0.05) is 69.1 Å². The third kappa shape index (κ3) is 5.56. The maximum absolute atomic E-state index is 14.7. The molecule has 10 nitrogen and oxygen atoms in total. The zero-order chi connectivity index (χ0) is 32.2. The Morgan fingerprint density at radius 3 is 2.67 bits per heavy atom. The first-order chi connectivity index (χ1) is 22.1. The maximum Gasteiger partial charge on any atom is 0.490 e. The number of rotatable bonds is 6. The summed E-state index contributed by atoms with van der Waals surface area (Å²) in [5.41, 5.74) is 1.92. The quantitative estimate of drug-likeness (QED) is 0.226. The summed E-state index contributed by atoms with van der Waals surface area (Å²) in [5, 5.41) is 4.39. The molecule has 0 saturated carbocycles. The van der Waals surface area contributed by atoms with Crippen LogP contribution in [-0.4, -0.2) is 85.8 Å². The number of benzene rings is 1. The number of likely N-dealkylation sites (tertiary alicyclic amines) is 1. The monoisotopic (exact) mass is 643 g/mol. The van der Waals surface area contributed by atoms with E-state index >= 15 is 0 Å². The third-order valence-electron chi connectivity index (χ3n) is 9.07. The number of ether oxygens (including phenoxy) is 1. The molecule has 6 heterocycles. The Hall–Kier alpha value is -4.53. The first-order valence-corrected chi connectivity index (χ1v) is 15.1. The van der Waals surface area contributed by atoms with Gasteiger partial charge in [-0.2, -0.15) is 18.3 Å². The lowest BCUT2D eigenvalue weighted by atomic mass is 10.0. The minimum Gasteiger partial charge on any atom is -0.454 e. The van der Waals surface area contributed by atoms with Gasteiger partial charge >= 0.3 is 12.1 Å². The molecule has 3 aromatic heterocycles. The van der Waals surface area contributed by atoms with Gasteiger partial charge in [0.1, 0.15) is 29.6 Å². The molecular weight excluding hydrogens is 613 g/mol. The predicted octanol–water partition coefficient (Wildman–Crippen LogP) is 4.53. The Bertz CT molecular complexity index is 1790. The largest absolute Gasteiger partial charge is 0.490 e. The Labute approximate surface area is 259 Å². The van der Waals surface area contributed by atoms with Gasteiger partial charge in [0.15, 0.2) is 0 Å². The lowest BCUT2D eigenvalue weighted by molar-refractivity contribution is -0.204. The molecule has 1 unspecified atom stereocenters. The number of halogens is 5. The van der Waals surface area contributed by atoms with Crippen molar-refractivity contribution in [1.29, 1.82) is 0 Å². The van der Waals surface area contributed by atoms with Crippen LogP contribution >= 0.6 is 0 Å². The van der Waals surface area contributed by atoms with Gasteiger partial charge in [-0.05, 0) is 49.6 Å². The second-order valence-corrected chi connectivity index (χ2v) is 11.9. The van der Waals surface area contributed by atoms with Crippen molar-refractivity contribution in [3.05, 3.63) is 83.7 Å². The van der Waals surface area contributed by atoms with E-state index in [1.54, 1.807) is 21.8 Å². The molecule has 0 aliphatic carbocycles. The second-order valence-electron chi connectivity index (χ2n) is 11.9. The Morgan fingerprint density at radius 1 is 1.00 bits per heavy atom. The minimum absolute atomic E-state index is 0.101. The SMILES string of the molecule is O=C(c1cnn2ccc(N3CCC[C@@H]3c3cc(F)ccc3F)cc12)N1CCn2ccnc2C1CN1CC[C@H](OC(=O)C(F)(F)F)C1. The number of pyridine rings is 1. The van der Waals surface area contributed by atoms with Crippen molar-refractivity contribution in [3.8, 4) is 0 Å². The lowest BCUT2D eigenvalue weighted by Crippen LogP contribution is -2.46. The van der Waals surface area contributed by atoms with Crippen LogP contribution in [0.2, 0.25) is 0 Å². The maximum atomic E-state index is 14.7. The molecule has 46 heavy (non-hydrogen) atoms. The van der Waals surface area contributed by atoms with Crippen LogP contribution in [0.15, 0.2) is 55.1 Å². The molecule has 242 valence electrons. The summed E-state index contributed by atoms with van der Waals surface area (Å²) in [6, 6.07) is 6.23. The molecule has 4 aromatic rings. The summed E-state index contributed by atoms with van der Waals surface area (Å²) in [7, 11) is 0. The fourth-order valence-electron chi connectivity index (χ4n) is 6.90. The molecular formula is C31H30F5N7O3. The number of amides is 1. The second kappa shape index (κ2) is 11.7. The summed E-state index contributed by atoms with van der Waals surface area (Å²) in [4.78, 5) is 35.7. The fourth-order valence-corrected chi connectivity index (χ4v) is 6.90. The molecule has 15 heteroatoms. The van der Waals surface area contributed by atoms with Crippen LogP contribution in [0.5, 0.6) is 0 Å². The fraction of sp³-hybridized carbons (Fsp3) is 0.419. The predicted molar refractivity (Wildman–Crippen MR) is 154 cm³/mol. The summed E-state index contributed by atoms with van der Waals surface area (Å²) in [5.74, 6) is -2.84. The van der Waals surface area contributed by atoms with E-state index < -0.39 is 35.9 Å². The van der Waals surface area contributed by atoms with Crippen molar-refractivity contribution in [2.45, 2.75) is 50.2 Å². The number of hydrogen-bond acceptors (Lipinski definition) is 7. The van der Waals surface area contributed by atoms with E-state index in [2.05, 4.69) is 14.8 Å². The van der Waals surface area contributed by atoms with Crippen molar-refractivity contribution >= 4 is 23.1 Å². The normalized spacial score (nSPS) is 22.1. The van der Waals surface area contributed by atoms with Gasteiger partial charge in [0.2, 0.25) is 0 Å². The van der Waals surface area contributed by atoms with E-state index in [1.165, 1.54) is 12.3 Å². The van der Waals surface area contributed by atoms with E-state index in [9.17, 15) is 31.5 Å². The summed E-state index contributed by atoms with van der Waals surface area (Å²) in [6.07, 6.45) is 2.38. The number of carbonyl (C=O) groups excluding carboxylic acids is 2. The Kier molecular flexibility index (Phi) is 7.65. The summed E-state index contributed by atoms with van der Waals surface area (Å²) in [6.45, 7) is 2.25. The van der Waals surface area contributed by atoms with Crippen LogP contribution in [0, 0.1) is 11.6 Å². The smallest absolute Gasteiger partial charge is 0.454 e. The Morgan fingerprint density at radius 2 is 1.85 bits per heavy atom. The standard InChI is InChI=1S/C31H30F5N7O3/c32-19-3-4-24(33)22(14-19)25-2-1-8-41(25)20-5-10-43-26(15-20)23(16-38-43)29(44)42-13-12-40-11-7-37-28(40)27(42)18-39-9-6-21(17-39)46-30(45)31(34,35)36/h3-5,7,10-11,14-16,21,25,27H,1-2,6,8-9,12-13,17-18H2/t21-,25+,27?/m0/s1. The lowest BCUT2D eigenvalue weighted by Gasteiger charge is -2.37. The molecule has 3 aliphatic rings. The third-order valence-corrected chi connectivity index (χ3v) is 9.07. The van der Waals surface area contributed by atoms with Crippen molar-refractivity contribution in [1.82, 2.24) is 29.0 Å². The minimum atomic E-state index is -5.07. The van der Waals surface area contributed by atoms with Crippen LogP contribution in [0.25, 0.3) is 5.52 Å². The molecule has 0 N–H and O–H groups in total. The zero-order valence-corrected chi connectivity index (χ0v) is 24.5. The number of imidazole rings is 1. The van der Waals surface area contributed by atoms with E-state index in [4.69, 9.17) is 0 Å². The number of carbonyl (C=O) groups is 2. The van der Waals surface area contributed by atoms with E-state index in [1.807, 2.05) is 32.7 Å². The van der Waals surface area contributed by atoms with Crippen LogP contribution in [0.4, 0.5) is 27.6 Å². The first-order valence-electron chi connectivity index (χ1n) is 15.1. The van der Waals surface area contributed by atoms with Gasteiger partial charge < -0.3 is 19.1 Å². The number of anilines is 1. The highest BCUT2D eigenvalue weighted by atomic mass is 19.4. The van der Waals surface area contributed by atoms with Gasteiger partial charge in [0.05, 0.1) is 23.3 Å². The van der Waals surface area contributed by atoms with Gasteiger partial charge in [-0.3, -0.25) is 9.69 Å². The molecule has 0 radical (unpaired) electrons. The van der Waals surface area contributed by atoms with E-state index in [0.717, 1.165) is 24.2 Å². The number of alkyl halides is 3. The molecule has 3 atom stereocenters. The molecule has 2 fully saturated rings. The molecule has 2 saturated heterocycles. The van der Waals surface area contributed by atoms with Crippen LogP contribution < -0.4 is 4.90 Å². The van der Waals surface area contributed by atoms with Crippen LogP contribution in [0.1, 0.15) is 53.1 Å². The number of nitrogens with zero attached hydrogens (tertiary/aromatic N) is 7. The van der Waals surface area contributed by atoms with Crippen molar-refractivity contribution in [2.75, 3.05) is 37.6 Å². The van der Waals surface area contributed by atoms with Gasteiger partial charge in [-0.25, -0.2) is 23.1 Å². The molecule has 1 amide bonds. The highest BCUT2D eigenvalue weighted by Crippen LogP contribution is 2.38. The van der Waals surface area contributed by atoms with Crippen LogP contribution in [0.3, 0.4) is 0 Å². The van der Waals surface area contributed by atoms with Crippen molar-refractivity contribution < 1.29 is 36.3 Å². The van der Waals surface area contributed by atoms with Crippen molar-refractivity contribution in [2.24, 2.45) is 0 Å². The number of esters is 1. The highest BCUT2D eigenvalue weighted by Gasteiger charge is 2.44. The average molecular weight is 644 g/mol. The van der Waals surface area contributed by atoms with E-state index in [-0.39, 0.29) is 37.0 Å². The molecule has 0 bridgehead atoms. The average Bonchev–Trinajstić information content (AvgIpc) is 3.84. The molecule has 7 rings (SSSR count). The number of fused-ring (bicyclic) bond motifs is 2. The number of aromatic nitrogens is 4. The zero-order valence-electron chi connectivity index (χ0n) is 24.5. The molecule has 1 aromatic carbocycles. The topological polar surface area (TPSA) is 88.2 Å². The van der Waals surface area contributed by atoms with Gasteiger partial charge in [-0.1, -0.05) is 0 Å². The first kappa shape index (κ1) is 30.1. The van der Waals surface area contributed by atoms with E-state index in [0.29, 0.717) is 49.5 Å². The molecule has 3 aliphatic heterocycles. The van der Waals surface area contributed by atoms with Gasteiger partial charge in [-0.15, -0.1) is 0 Å². The summed E-state index contributed by atoms with van der Waals surface area (Å²) < 4.78 is 75.2.